The van der Waals surface area contributed by atoms with Crippen LogP contribution in [0.25, 0.3) is 11.5 Å². The van der Waals surface area contributed by atoms with E-state index < -0.39 is 34.3 Å². The molecule has 0 radical (unpaired) electrons. The van der Waals surface area contributed by atoms with Gasteiger partial charge in [-0.2, -0.15) is 0 Å². The molecule has 12 heteroatoms. The summed E-state index contributed by atoms with van der Waals surface area (Å²) < 4.78 is 51.1. The maximum absolute atomic E-state index is 12.2. The second-order valence-electron chi connectivity index (χ2n) is 5.71. The summed E-state index contributed by atoms with van der Waals surface area (Å²) in [6.45, 7) is -0.299. The predicted molar refractivity (Wildman–Crippen MR) is 93.0 cm³/mol. The largest absolute Gasteiger partial charge is 0.573 e. The number of rotatable bonds is 7. The zero-order valence-corrected chi connectivity index (χ0v) is 14.8. The van der Waals surface area contributed by atoms with Crippen molar-refractivity contribution in [1.82, 2.24) is 4.98 Å². The van der Waals surface area contributed by atoms with Crippen LogP contribution in [0.1, 0.15) is 16.1 Å². The number of nitro benzene ring substituents is 1. The molecule has 0 saturated carbocycles. The van der Waals surface area contributed by atoms with E-state index in [0.717, 1.165) is 18.2 Å². The van der Waals surface area contributed by atoms with Crippen LogP contribution in [0.4, 0.5) is 18.9 Å². The molecule has 0 aliphatic rings. The van der Waals surface area contributed by atoms with Crippen LogP contribution < -0.4 is 9.47 Å². The van der Waals surface area contributed by atoms with Gasteiger partial charge in [0.15, 0.2) is 11.5 Å². The number of hydrogen-bond acceptors (Lipinski definition) is 7. The van der Waals surface area contributed by atoms with Crippen LogP contribution in [-0.4, -0.2) is 27.3 Å². The molecule has 0 aliphatic heterocycles. The van der Waals surface area contributed by atoms with E-state index in [0.29, 0.717) is 5.56 Å². The Balaban J connectivity index is 1.73. The van der Waals surface area contributed by atoms with Crippen LogP contribution in [0, 0.1) is 10.1 Å². The standard InChI is InChI=1S/C18H11F3N2O7/c19-18(20,21)30-11-6-4-10(5-7-11)16-22-8-12(29-16)9-28-14-3-1-2-13(17(24)25)15(14)23(26)27/h1-8H,9H2,(H,24,25). The number of aromatic nitrogens is 1. The van der Waals surface area contributed by atoms with Gasteiger partial charge in [0.05, 0.1) is 11.1 Å². The molecule has 0 atom stereocenters. The Morgan fingerprint density at radius 1 is 1.20 bits per heavy atom. The molecule has 0 saturated heterocycles. The fourth-order valence-corrected chi connectivity index (χ4v) is 2.46. The average Bonchev–Trinajstić information content (AvgIpc) is 3.14. The Kier molecular flexibility index (Phi) is 5.58. The highest BCUT2D eigenvalue weighted by molar-refractivity contribution is 5.93. The number of para-hydroxylation sites is 1. The molecule has 0 amide bonds. The van der Waals surface area contributed by atoms with Crippen LogP contribution >= 0.6 is 0 Å². The van der Waals surface area contributed by atoms with E-state index in [1.807, 2.05) is 0 Å². The van der Waals surface area contributed by atoms with Crippen LogP contribution in [0.5, 0.6) is 11.5 Å². The van der Waals surface area contributed by atoms with Gasteiger partial charge in [-0.1, -0.05) is 6.07 Å². The molecule has 3 rings (SSSR count). The predicted octanol–water partition coefficient (Wildman–Crippen LogP) is 4.43. The van der Waals surface area contributed by atoms with Crippen molar-refractivity contribution >= 4 is 11.7 Å². The van der Waals surface area contributed by atoms with E-state index in [2.05, 4.69) is 9.72 Å². The van der Waals surface area contributed by atoms with E-state index in [-0.39, 0.29) is 24.0 Å². The minimum Gasteiger partial charge on any atom is -0.479 e. The first kappa shape index (κ1) is 20.6. The molecule has 0 bridgehead atoms. The lowest BCUT2D eigenvalue weighted by Crippen LogP contribution is -2.16. The highest BCUT2D eigenvalue weighted by Crippen LogP contribution is 2.32. The quantitative estimate of drug-likeness (QED) is 0.436. The van der Waals surface area contributed by atoms with Gasteiger partial charge in [0, 0.05) is 5.56 Å². The lowest BCUT2D eigenvalue weighted by Gasteiger charge is -2.08. The molecule has 0 aliphatic carbocycles. The van der Waals surface area contributed by atoms with E-state index in [1.54, 1.807) is 0 Å². The number of aromatic carboxylic acids is 1. The topological polar surface area (TPSA) is 125 Å². The van der Waals surface area contributed by atoms with Crippen molar-refractivity contribution < 1.29 is 41.9 Å². The van der Waals surface area contributed by atoms with Gasteiger partial charge in [-0.05, 0) is 36.4 Å². The zero-order chi connectivity index (χ0) is 21.9. The number of alkyl halides is 3. The number of carbonyl (C=O) groups is 1. The highest BCUT2D eigenvalue weighted by Gasteiger charge is 2.31. The summed E-state index contributed by atoms with van der Waals surface area (Å²) in [7, 11) is 0. The third-order valence-electron chi connectivity index (χ3n) is 3.67. The number of carboxylic acids is 1. The molecule has 1 aromatic heterocycles. The fraction of sp³-hybridized carbons (Fsp3) is 0.111. The molecule has 30 heavy (non-hydrogen) atoms. The third kappa shape index (κ3) is 4.84. The maximum atomic E-state index is 12.2. The Bertz CT molecular complexity index is 1080. The average molecular weight is 424 g/mol. The summed E-state index contributed by atoms with van der Waals surface area (Å²) in [5.74, 6) is -1.94. The smallest absolute Gasteiger partial charge is 0.479 e. The van der Waals surface area contributed by atoms with E-state index in [1.165, 1.54) is 30.5 Å². The number of halogens is 3. The molecule has 0 fully saturated rings. The van der Waals surface area contributed by atoms with Gasteiger partial charge in [-0.3, -0.25) is 10.1 Å². The second kappa shape index (κ2) is 8.11. The number of nitro groups is 1. The van der Waals surface area contributed by atoms with Crippen molar-refractivity contribution in [3.63, 3.8) is 0 Å². The first-order valence-corrected chi connectivity index (χ1v) is 8.08. The Hall–Kier alpha value is -4.09. The van der Waals surface area contributed by atoms with Crippen LogP contribution in [-0.2, 0) is 6.61 Å². The molecular formula is C18H11F3N2O7. The Labute approximate surface area is 165 Å². The van der Waals surface area contributed by atoms with E-state index in [4.69, 9.17) is 14.3 Å². The van der Waals surface area contributed by atoms with Gasteiger partial charge in [0.25, 0.3) is 0 Å². The summed E-state index contributed by atoms with van der Waals surface area (Å²) >= 11 is 0. The molecule has 0 spiro atoms. The highest BCUT2D eigenvalue weighted by atomic mass is 19.4. The normalized spacial score (nSPS) is 11.2. The number of benzene rings is 2. The zero-order valence-electron chi connectivity index (χ0n) is 14.8. The maximum Gasteiger partial charge on any atom is 0.573 e. The summed E-state index contributed by atoms with van der Waals surface area (Å²) in [6, 6.07) is 8.39. The van der Waals surface area contributed by atoms with Gasteiger partial charge in [-0.25, -0.2) is 9.78 Å². The van der Waals surface area contributed by atoms with Crippen molar-refractivity contribution in [2.75, 3.05) is 0 Å². The summed E-state index contributed by atoms with van der Waals surface area (Å²) in [5.41, 5.74) is -0.878. The fourth-order valence-electron chi connectivity index (χ4n) is 2.46. The molecule has 1 heterocycles. The first-order chi connectivity index (χ1) is 14.1. The van der Waals surface area contributed by atoms with Crippen LogP contribution in [0.2, 0.25) is 0 Å². The second-order valence-corrected chi connectivity index (χ2v) is 5.71. The van der Waals surface area contributed by atoms with Crippen molar-refractivity contribution in [2.24, 2.45) is 0 Å². The molecule has 3 aromatic rings. The number of nitrogens with zero attached hydrogens (tertiary/aromatic N) is 2. The lowest BCUT2D eigenvalue weighted by molar-refractivity contribution is -0.386. The number of carboxylic acid groups (broad SMARTS) is 1. The van der Waals surface area contributed by atoms with Gasteiger partial charge >= 0.3 is 18.0 Å². The molecule has 9 nitrogen and oxygen atoms in total. The summed E-state index contributed by atoms with van der Waals surface area (Å²) in [6.07, 6.45) is -3.54. The van der Waals surface area contributed by atoms with Crippen molar-refractivity contribution in [3.05, 3.63) is 70.1 Å². The van der Waals surface area contributed by atoms with Gasteiger partial charge in [-0.15, -0.1) is 13.2 Å². The summed E-state index contributed by atoms with van der Waals surface area (Å²) in [5, 5.41) is 20.3. The third-order valence-corrected chi connectivity index (χ3v) is 3.67. The van der Waals surface area contributed by atoms with Gasteiger partial charge in [0.1, 0.15) is 17.9 Å². The van der Waals surface area contributed by atoms with Gasteiger partial charge in [0.2, 0.25) is 5.89 Å². The summed E-state index contributed by atoms with van der Waals surface area (Å²) in [4.78, 5) is 25.5. The van der Waals surface area contributed by atoms with Crippen molar-refractivity contribution in [2.45, 2.75) is 13.0 Å². The molecule has 0 unspecified atom stereocenters. The van der Waals surface area contributed by atoms with Crippen molar-refractivity contribution in [1.29, 1.82) is 0 Å². The Morgan fingerprint density at radius 3 is 2.50 bits per heavy atom. The minimum absolute atomic E-state index is 0.0703. The van der Waals surface area contributed by atoms with E-state index in [9.17, 15) is 28.1 Å². The van der Waals surface area contributed by atoms with Crippen molar-refractivity contribution in [3.8, 4) is 23.0 Å². The first-order valence-electron chi connectivity index (χ1n) is 8.08. The van der Waals surface area contributed by atoms with Gasteiger partial charge < -0.3 is 19.0 Å². The molecule has 156 valence electrons. The Morgan fingerprint density at radius 2 is 1.90 bits per heavy atom. The van der Waals surface area contributed by atoms with E-state index >= 15 is 0 Å². The number of oxazole rings is 1. The molecule has 1 N–H and O–H groups in total. The SMILES string of the molecule is O=C(O)c1cccc(OCc2cnc(-c3ccc(OC(F)(F)F)cc3)o2)c1[N+](=O)[O-]. The lowest BCUT2D eigenvalue weighted by atomic mass is 10.1. The number of hydrogen-bond donors (Lipinski definition) is 1. The monoisotopic (exact) mass is 424 g/mol. The molecular weight excluding hydrogens is 413 g/mol. The minimum atomic E-state index is -4.81. The number of ether oxygens (including phenoxy) is 2. The van der Waals surface area contributed by atoms with Crippen LogP contribution in [0.15, 0.2) is 53.1 Å². The molecule has 2 aromatic carbocycles. The van der Waals surface area contributed by atoms with Crippen LogP contribution in [0.3, 0.4) is 0 Å².